The first-order valence-corrected chi connectivity index (χ1v) is 5.41. The first kappa shape index (κ1) is 11.5. The molecule has 0 amide bonds. The van der Waals surface area contributed by atoms with Crippen molar-refractivity contribution in [3.63, 3.8) is 0 Å². The van der Waals surface area contributed by atoms with E-state index in [1.54, 1.807) is 14.0 Å². The molecule has 0 unspecified atom stereocenters. The number of rotatable bonds is 3. The summed E-state index contributed by atoms with van der Waals surface area (Å²) in [6.07, 6.45) is 2.01. The van der Waals surface area contributed by atoms with E-state index in [4.69, 9.17) is 9.15 Å². The monoisotopic (exact) mass is 230 g/mol. The van der Waals surface area contributed by atoms with E-state index in [0.717, 1.165) is 11.3 Å². The maximum atomic E-state index is 11.7. The van der Waals surface area contributed by atoms with Crippen LogP contribution in [0.4, 0.5) is 0 Å². The van der Waals surface area contributed by atoms with Crippen molar-refractivity contribution < 1.29 is 9.15 Å². The van der Waals surface area contributed by atoms with Gasteiger partial charge >= 0.3 is 0 Å². The van der Waals surface area contributed by atoms with Gasteiger partial charge in [0, 0.05) is 18.1 Å². The van der Waals surface area contributed by atoms with E-state index < -0.39 is 0 Å². The molecule has 0 saturated heterocycles. The van der Waals surface area contributed by atoms with Gasteiger partial charge in [0.05, 0.1) is 13.4 Å². The van der Waals surface area contributed by atoms with Gasteiger partial charge in [0.2, 0.25) is 0 Å². The predicted molar refractivity (Wildman–Crippen MR) is 65.5 cm³/mol. The van der Waals surface area contributed by atoms with Crippen LogP contribution in [-0.4, -0.2) is 7.11 Å². The fourth-order valence-corrected chi connectivity index (χ4v) is 1.70. The molecule has 3 nitrogen and oxygen atoms in total. The molecule has 0 aliphatic rings. The van der Waals surface area contributed by atoms with Crippen LogP contribution in [0.2, 0.25) is 0 Å². The molecule has 3 heteroatoms. The molecule has 2 aromatic rings. The summed E-state index contributed by atoms with van der Waals surface area (Å²) in [4.78, 5) is 11.7. The van der Waals surface area contributed by atoms with E-state index in [1.165, 1.54) is 12.3 Å². The minimum absolute atomic E-state index is 0.0181. The van der Waals surface area contributed by atoms with Crippen LogP contribution in [0.25, 0.3) is 0 Å². The normalized spacial score (nSPS) is 10.2. The Morgan fingerprint density at radius 1 is 1.18 bits per heavy atom. The highest BCUT2D eigenvalue weighted by molar-refractivity contribution is 5.31. The van der Waals surface area contributed by atoms with E-state index in [2.05, 4.69) is 0 Å². The Bertz CT molecular complexity index is 552. The second kappa shape index (κ2) is 4.87. The van der Waals surface area contributed by atoms with Gasteiger partial charge in [0.1, 0.15) is 11.5 Å². The van der Waals surface area contributed by atoms with E-state index in [9.17, 15) is 4.79 Å². The van der Waals surface area contributed by atoms with Crippen molar-refractivity contribution in [2.24, 2.45) is 0 Å². The summed E-state index contributed by atoms with van der Waals surface area (Å²) in [7, 11) is 1.63. The van der Waals surface area contributed by atoms with Gasteiger partial charge in [-0.05, 0) is 24.6 Å². The standard InChI is InChI=1S/C14H14O3/c1-10-13(14(15)7-8-17-10)9-11-3-5-12(16-2)6-4-11/h3-8H,9H2,1-2H3. The van der Waals surface area contributed by atoms with Crippen LogP contribution in [0.15, 0.2) is 45.8 Å². The zero-order valence-corrected chi connectivity index (χ0v) is 9.90. The Balaban J connectivity index is 2.28. The van der Waals surface area contributed by atoms with Crippen LogP contribution in [-0.2, 0) is 6.42 Å². The second-order valence-corrected chi connectivity index (χ2v) is 3.84. The summed E-state index contributed by atoms with van der Waals surface area (Å²) in [6, 6.07) is 9.12. The van der Waals surface area contributed by atoms with Gasteiger partial charge in [-0.15, -0.1) is 0 Å². The first-order chi connectivity index (χ1) is 8.20. The molecule has 0 saturated carbocycles. The molecule has 0 bridgehead atoms. The lowest BCUT2D eigenvalue weighted by molar-refractivity contribution is 0.414. The predicted octanol–water partition coefficient (Wildman–Crippen LogP) is 2.55. The quantitative estimate of drug-likeness (QED) is 0.813. The highest BCUT2D eigenvalue weighted by Crippen LogP contribution is 2.14. The third-order valence-corrected chi connectivity index (χ3v) is 2.73. The molecule has 0 fully saturated rings. The van der Waals surface area contributed by atoms with Crippen LogP contribution >= 0.6 is 0 Å². The summed E-state index contributed by atoms with van der Waals surface area (Å²) in [5.41, 5.74) is 1.79. The molecule has 0 spiro atoms. The number of benzene rings is 1. The molecule has 2 rings (SSSR count). The summed E-state index contributed by atoms with van der Waals surface area (Å²) in [5.74, 6) is 1.49. The van der Waals surface area contributed by atoms with Gasteiger partial charge in [-0.2, -0.15) is 0 Å². The Labute approximate surface area is 99.7 Å². The molecule has 0 atom stereocenters. The van der Waals surface area contributed by atoms with E-state index >= 15 is 0 Å². The molecule has 0 aliphatic heterocycles. The molecule has 0 aliphatic carbocycles. The largest absolute Gasteiger partial charge is 0.497 e. The van der Waals surface area contributed by atoms with Gasteiger partial charge in [0.25, 0.3) is 0 Å². The van der Waals surface area contributed by atoms with Crippen molar-refractivity contribution >= 4 is 0 Å². The van der Waals surface area contributed by atoms with Gasteiger partial charge in [-0.3, -0.25) is 4.79 Å². The van der Waals surface area contributed by atoms with E-state index in [1.807, 2.05) is 24.3 Å². The maximum absolute atomic E-state index is 11.7. The molecule has 1 heterocycles. The Kier molecular flexibility index (Phi) is 3.28. The minimum Gasteiger partial charge on any atom is -0.497 e. The van der Waals surface area contributed by atoms with E-state index in [0.29, 0.717) is 17.7 Å². The fourth-order valence-electron chi connectivity index (χ4n) is 1.70. The van der Waals surface area contributed by atoms with Crippen LogP contribution in [0.5, 0.6) is 5.75 Å². The summed E-state index contributed by atoms with van der Waals surface area (Å²) in [5, 5.41) is 0. The molecule has 1 aromatic heterocycles. The highest BCUT2D eigenvalue weighted by atomic mass is 16.5. The van der Waals surface area contributed by atoms with Crippen LogP contribution in [0.1, 0.15) is 16.9 Å². The van der Waals surface area contributed by atoms with Crippen molar-refractivity contribution in [1.29, 1.82) is 0 Å². The van der Waals surface area contributed by atoms with Crippen LogP contribution in [0, 0.1) is 6.92 Å². The van der Waals surface area contributed by atoms with E-state index in [-0.39, 0.29) is 5.43 Å². The first-order valence-electron chi connectivity index (χ1n) is 5.41. The SMILES string of the molecule is COc1ccc(Cc2c(C)occc2=O)cc1. The number of aryl methyl sites for hydroxylation is 1. The third-order valence-electron chi connectivity index (χ3n) is 2.73. The van der Waals surface area contributed by atoms with Gasteiger partial charge in [-0.25, -0.2) is 0 Å². The van der Waals surface area contributed by atoms with Crippen molar-refractivity contribution in [3.05, 3.63) is 63.7 Å². The zero-order chi connectivity index (χ0) is 12.3. The zero-order valence-electron chi connectivity index (χ0n) is 9.90. The highest BCUT2D eigenvalue weighted by Gasteiger charge is 2.06. The van der Waals surface area contributed by atoms with Crippen LogP contribution in [0.3, 0.4) is 0 Å². The third kappa shape index (κ3) is 2.56. The minimum atomic E-state index is 0.0181. The number of hydrogen-bond acceptors (Lipinski definition) is 3. The average Bonchev–Trinajstić information content (AvgIpc) is 2.35. The van der Waals surface area contributed by atoms with Crippen LogP contribution < -0.4 is 10.2 Å². The molecule has 0 radical (unpaired) electrons. The lowest BCUT2D eigenvalue weighted by Crippen LogP contribution is -2.09. The molecule has 0 N–H and O–H groups in total. The van der Waals surface area contributed by atoms with Gasteiger partial charge in [0.15, 0.2) is 5.43 Å². The number of methoxy groups -OCH3 is 1. The molecule has 88 valence electrons. The van der Waals surface area contributed by atoms with Crippen molar-refractivity contribution in [2.75, 3.05) is 7.11 Å². The maximum Gasteiger partial charge on any atom is 0.188 e. The fraction of sp³-hybridized carbons (Fsp3) is 0.214. The van der Waals surface area contributed by atoms with Crippen molar-refractivity contribution in [3.8, 4) is 5.75 Å². The lowest BCUT2D eigenvalue weighted by atomic mass is 10.0. The lowest BCUT2D eigenvalue weighted by Gasteiger charge is -2.05. The van der Waals surface area contributed by atoms with Gasteiger partial charge in [-0.1, -0.05) is 12.1 Å². The Morgan fingerprint density at radius 3 is 2.47 bits per heavy atom. The Morgan fingerprint density at radius 2 is 1.88 bits per heavy atom. The average molecular weight is 230 g/mol. The summed E-state index contributed by atoms with van der Waals surface area (Å²) < 4.78 is 10.3. The molecule has 17 heavy (non-hydrogen) atoms. The summed E-state index contributed by atoms with van der Waals surface area (Å²) >= 11 is 0. The molecule has 1 aromatic carbocycles. The molecular weight excluding hydrogens is 216 g/mol. The number of hydrogen-bond donors (Lipinski definition) is 0. The topological polar surface area (TPSA) is 39.4 Å². The van der Waals surface area contributed by atoms with Crippen molar-refractivity contribution in [1.82, 2.24) is 0 Å². The molecular formula is C14H14O3. The van der Waals surface area contributed by atoms with Gasteiger partial charge < -0.3 is 9.15 Å². The summed E-state index contributed by atoms with van der Waals surface area (Å²) in [6.45, 7) is 1.81. The second-order valence-electron chi connectivity index (χ2n) is 3.84. The number of ether oxygens (including phenoxy) is 1. The Hall–Kier alpha value is -2.03. The van der Waals surface area contributed by atoms with Crippen molar-refractivity contribution in [2.45, 2.75) is 13.3 Å². The smallest absolute Gasteiger partial charge is 0.188 e.